The van der Waals surface area contributed by atoms with Crippen molar-refractivity contribution in [3.8, 4) is 11.5 Å². The number of nitrogens with zero attached hydrogens (tertiary/aromatic N) is 3. The number of carbonyl (C=O) groups excluding carboxylic acids is 2. The number of likely N-dealkylation sites (tertiary alicyclic amines) is 1. The van der Waals surface area contributed by atoms with Crippen LogP contribution in [-0.2, 0) is 17.5 Å². The number of aryl methyl sites for hydroxylation is 1. The average Bonchev–Trinajstić information content (AvgIpc) is 3.38. The van der Waals surface area contributed by atoms with E-state index in [1.165, 1.54) is 12.1 Å². The van der Waals surface area contributed by atoms with E-state index in [0.717, 1.165) is 23.1 Å². The second-order valence-corrected chi connectivity index (χ2v) is 10.9. The maximum Gasteiger partial charge on any atom is 0.416 e. The molecule has 7 nitrogen and oxygen atoms in total. The van der Waals surface area contributed by atoms with Crippen molar-refractivity contribution < 1.29 is 45.4 Å². The molecule has 13 heteroatoms. The fourth-order valence-electron chi connectivity index (χ4n) is 5.15. The van der Waals surface area contributed by atoms with Crippen molar-refractivity contribution in [3.05, 3.63) is 89.1 Å². The summed E-state index contributed by atoms with van der Waals surface area (Å²) in [7, 11) is 0. The number of hydrogen-bond donors (Lipinski definition) is 0. The maximum absolute atomic E-state index is 12.9. The number of alkyl halides is 6. The van der Waals surface area contributed by atoms with Crippen molar-refractivity contribution in [1.29, 1.82) is 0 Å². The van der Waals surface area contributed by atoms with Crippen LogP contribution in [0.3, 0.4) is 0 Å². The van der Waals surface area contributed by atoms with Gasteiger partial charge in [-0.25, -0.2) is 0 Å². The van der Waals surface area contributed by atoms with E-state index < -0.39 is 24.5 Å². The molecule has 1 saturated heterocycles. The monoisotopic (exact) mass is 633 g/mol. The molecule has 4 aromatic rings. The molecule has 238 valence electrons. The third-order valence-electron chi connectivity index (χ3n) is 7.47. The van der Waals surface area contributed by atoms with Crippen LogP contribution in [0.25, 0.3) is 10.9 Å². The molecular formula is C32H29F6N3O4. The van der Waals surface area contributed by atoms with Gasteiger partial charge in [-0.15, -0.1) is 0 Å². The van der Waals surface area contributed by atoms with Crippen LogP contribution < -0.4 is 4.74 Å². The van der Waals surface area contributed by atoms with E-state index in [1.807, 2.05) is 13.1 Å². The van der Waals surface area contributed by atoms with Gasteiger partial charge >= 0.3 is 12.4 Å². The average molecular weight is 634 g/mol. The van der Waals surface area contributed by atoms with Crippen molar-refractivity contribution >= 4 is 22.6 Å². The Balaban J connectivity index is 1.11. The van der Waals surface area contributed by atoms with E-state index in [1.54, 1.807) is 46.0 Å². The molecule has 1 amide bonds. The quantitative estimate of drug-likeness (QED) is 0.0974. The fraction of sp³-hybridized carbons (Fsp3) is 0.344. The Morgan fingerprint density at radius 1 is 0.911 bits per heavy atom. The Bertz CT molecular complexity index is 1660. The van der Waals surface area contributed by atoms with Crippen LogP contribution >= 0.6 is 0 Å². The molecule has 0 bridgehead atoms. The summed E-state index contributed by atoms with van der Waals surface area (Å²) in [5.41, 5.74) is 1.64. The number of benzene rings is 3. The van der Waals surface area contributed by atoms with Crippen LogP contribution in [0.5, 0.6) is 11.5 Å². The van der Waals surface area contributed by atoms with E-state index in [9.17, 15) is 35.9 Å². The highest BCUT2D eigenvalue weighted by Crippen LogP contribution is 2.32. The van der Waals surface area contributed by atoms with Crippen molar-refractivity contribution in [3.63, 3.8) is 0 Å². The van der Waals surface area contributed by atoms with Gasteiger partial charge in [0.15, 0.2) is 5.78 Å². The van der Waals surface area contributed by atoms with E-state index in [0.29, 0.717) is 42.0 Å². The van der Waals surface area contributed by atoms with E-state index in [-0.39, 0.29) is 42.8 Å². The van der Waals surface area contributed by atoms with Gasteiger partial charge < -0.3 is 14.4 Å². The molecule has 1 aliphatic heterocycles. The first-order chi connectivity index (χ1) is 21.3. The Hall–Kier alpha value is -4.39. The minimum atomic E-state index is -4.43. The molecule has 0 atom stereocenters. The summed E-state index contributed by atoms with van der Waals surface area (Å²) >= 11 is 0. The number of Topliss-reactive ketones (excluding diaryl/α,β-unsaturated/α-hetero) is 1. The fourth-order valence-corrected chi connectivity index (χ4v) is 5.15. The summed E-state index contributed by atoms with van der Waals surface area (Å²) in [4.78, 5) is 27.3. The Kier molecular flexibility index (Phi) is 9.19. The van der Waals surface area contributed by atoms with Crippen LogP contribution in [0, 0.1) is 12.8 Å². The number of aromatic nitrogens is 2. The molecule has 1 aromatic heterocycles. The molecule has 5 rings (SSSR count). The first kappa shape index (κ1) is 32.0. The summed E-state index contributed by atoms with van der Waals surface area (Å²) in [5.74, 6) is 0.466. The highest BCUT2D eigenvalue weighted by atomic mass is 19.4. The first-order valence-corrected chi connectivity index (χ1v) is 14.2. The number of ether oxygens (including phenoxy) is 2. The van der Waals surface area contributed by atoms with Crippen LogP contribution in [0.2, 0.25) is 0 Å². The first-order valence-electron chi connectivity index (χ1n) is 14.2. The lowest BCUT2D eigenvalue weighted by Gasteiger charge is -2.39. The summed E-state index contributed by atoms with van der Waals surface area (Å²) in [6, 6.07) is 14.1. The number of halogens is 6. The zero-order chi connectivity index (χ0) is 32.4. The SMILES string of the molecule is Cc1c(C(=O)CCCOCC(F)(F)F)ccc2nn(CC3CN(C(=O)c4ccc(Oc5ccc(C(F)(F)F)cc5)cc4)C3)cc12. The molecule has 1 fully saturated rings. The van der Waals surface area contributed by atoms with Crippen molar-refractivity contribution in [2.24, 2.45) is 5.92 Å². The largest absolute Gasteiger partial charge is 0.457 e. The Morgan fingerprint density at radius 3 is 2.18 bits per heavy atom. The lowest BCUT2D eigenvalue weighted by molar-refractivity contribution is -0.173. The number of carbonyl (C=O) groups is 2. The molecule has 3 aromatic carbocycles. The van der Waals surface area contributed by atoms with E-state index in [4.69, 9.17) is 4.74 Å². The number of rotatable bonds is 11. The predicted octanol–water partition coefficient (Wildman–Crippen LogP) is 7.47. The molecule has 0 saturated carbocycles. The minimum Gasteiger partial charge on any atom is -0.457 e. The minimum absolute atomic E-state index is 0.0686. The van der Waals surface area contributed by atoms with Gasteiger partial charge in [0.05, 0.1) is 11.1 Å². The lowest BCUT2D eigenvalue weighted by Crippen LogP contribution is -2.51. The van der Waals surface area contributed by atoms with Gasteiger partial charge in [-0.05, 0) is 79.6 Å². The van der Waals surface area contributed by atoms with Gasteiger partial charge in [-0.1, -0.05) is 0 Å². The van der Waals surface area contributed by atoms with Crippen LogP contribution in [0.4, 0.5) is 26.3 Å². The van der Waals surface area contributed by atoms with Gasteiger partial charge in [0.25, 0.3) is 5.91 Å². The molecule has 0 unspecified atom stereocenters. The highest BCUT2D eigenvalue weighted by Gasteiger charge is 2.32. The van der Waals surface area contributed by atoms with Gasteiger partial charge in [0.2, 0.25) is 0 Å². The molecular weight excluding hydrogens is 604 g/mol. The molecule has 45 heavy (non-hydrogen) atoms. The van der Waals surface area contributed by atoms with Crippen molar-refractivity contribution in [2.75, 3.05) is 26.3 Å². The summed E-state index contributed by atoms with van der Waals surface area (Å²) in [6.07, 6.45) is -6.72. The standard InChI is InChI=1S/C32H29F6N3O4/c1-20-26(29(42)3-2-14-44-19-31(33,34)35)12-13-28-27(20)18-41(39-28)17-21-15-40(16-21)30(43)22-4-8-24(9-5-22)45-25-10-6-23(7-11-25)32(36,37)38/h4-13,18,21H,2-3,14-17,19H2,1H3. The second-order valence-electron chi connectivity index (χ2n) is 10.9. The summed E-state index contributed by atoms with van der Waals surface area (Å²) in [6.45, 7) is 1.94. The number of hydrogen-bond acceptors (Lipinski definition) is 5. The molecule has 0 aliphatic carbocycles. The number of ketones is 1. The van der Waals surface area contributed by atoms with Gasteiger partial charge in [0.1, 0.15) is 18.1 Å². The number of fused-ring (bicyclic) bond motifs is 1. The zero-order valence-corrected chi connectivity index (χ0v) is 24.1. The molecule has 1 aliphatic rings. The van der Waals surface area contributed by atoms with E-state index >= 15 is 0 Å². The number of amides is 1. The summed E-state index contributed by atoms with van der Waals surface area (Å²) in [5, 5.41) is 5.41. The molecule has 0 spiro atoms. The molecule has 0 radical (unpaired) electrons. The molecule has 2 heterocycles. The van der Waals surface area contributed by atoms with Gasteiger partial charge in [0, 0.05) is 61.3 Å². The normalized spacial score (nSPS) is 14.1. The van der Waals surface area contributed by atoms with Gasteiger partial charge in [-0.3, -0.25) is 14.3 Å². The van der Waals surface area contributed by atoms with Crippen molar-refractivity contribution in [2.45, 2.75) is 38.7 Å². The smallest absolute Gasteiger partial charge is 0.416 e. The lowest BCUT2D eigenvalue weighted by atomic mass is 9.98. The van der Waals surface area contributed by atoms with Crippen LogP contribution in [0.1, 0.15) is 44.7 Å². The Morgan fingerprint density at radius 2 is 1.56 bits per heavy atom. The van der Waals surface area contributed by atoms with Gasteiger partial charge in [-0.2, -0.15) is 31.4 Å². The predicted molar refractivity (Wildman–Crippen MR) is 152 cm³/mol. The maximum atomic E-state index is 12.9. The molecule has 0 N–H and O–H groups in total. The second kappa shape index (κ2) is 12.9. The van der Waals surface area contributed by atoms with E-state index in [2.05, 4.69) is 9.84 Å². The van der Waals surface area contributed by atoms with Crippen LogP contribution in [-0.4, -0.2) is 58.9 Å². The topological polar surface area (TPSA) is 73.7 Å². The summed E-state index contributed by atoms with van der Waals surface area (Å²) < 4.78 is 86.8. The van der Waals surface area contributed by atoms with Crippen molar-refractivity contribution in [1.82, 2.24) is 14.7 Å². The van der Waals surface area contributed by atoms with Crippen LogP contribution in [0.15, 0.2) is 66.9 Å². The third-order valence-corrected chi connectivity index (χ3v) is 7.47. The zero-order valence-electron chi connectivity index (χ0n) is 24.1. The third kappa shape index (κ3) is 8.01. The Labute approximate surface area is 254 Å². The highest BCUT2D eigenvalue weighted by molar-refractivity contribution is 6.01.